The molecule has 0 bridgehead atoms. The first-order valence-corrected chi connectivity index (χ1v) is 6.58. The van der Waals surface area contributed by atoms with Crippen molar-refractivity contribution in [1.82, 2.24) is 0 Å². The largest absolute Gasteiger partial charge is 0.453 e. The van der Waals surface area contributed by atoms with Crippen molar-refractivity contribution in [2.75, 3.05) is 23.5 Å². The number of nitrogens with two attached hydrogens (primary N) is 1. The molecule has 4 N–H and O–H groups in total. The summed E-state index contributed by atoms with van der Waals surface area (Å²) >= 11 is 1.61. The number of methoxy groups -OCH3 is 1. The molecular weight excluding hydrogens is 262 g/mol. The second-order valence-corrected chi connectivity index (χ2v) is 4.85. The first-order valence-electron chi connectivity index (χ1n) is 5.70. The van der Waals surface area contributed by atoms with Crippen LogP contribution in [0.25, 0.3) is 0 Å². The Morgan fingerprint density at radius 3 is 2.84 bits per heavy atom. The lowest BCUT2D eigenvalue weighted by Crippen LogP contribution is -2.11. The highest BCUT2D eigenvalue weighted by Gasteiger charge is 2.03. The van der Waals surface area contributed by atoms with Crippen LogP contribution in [0.2, 0.25) is 0 Å². The Morgan fingerprint density at radius 1 is 1.37 bits per heavy atom. The second-order valence-electron chi connectivity index (χ2n) is 3.85. The average molecular weight is 277 g/mol. The first kappa shape index (κ1) is 13.2. The van der Waals surface area contributed by atoms with Crippen molar-refractivity contribution in [3.63, 3.8) is 0 Å². The van der Waals surface area contributed by atoms with E-state index >= 15 is 0 Å². The summed E-state index contributed by atoms with van der Waals surface area (Å²) in [6.07, 6.45) is -0.486. The van der Waals surface area contributed by atoms with Crippen molar-refractivity contribution in [3.05, 3.63) is 40.6 Å². The van der Waals surface area contributed by atoms with Crippen LogP contribution in [-0.4, -0.2) is 13.2 Å². The summed E-state index contributed by atoms with van der Waals surface area (Å²) in [6, 6.07) is 9.29. The number of rotatable bonds is 4. The molecule has 1 aromatic carbocycles. The highest BCUT2D eigenvalue weighted by molar-refractivity contribution is 7.10. The standard InChI is InChI=1S/C13H15N3O2S/c1-18-13(17)16-10-4-2-3-9(7-10)15-8-12-11(14)5-6-19-12/h2-7,15H,8,14H2,1H3,(H,16,17). The topological polar surface area (TPSA) is 76.4 Å². The van der Waals surface area contributed by atoms with Gasteiger partial charge in [-0.3, -0.25) is 5.32 Å². The fourth-order valence-electron chi connectivity index (χ4n) is 1.55. The zero-order valence-electron chi connectivity index (χ0n) is 10.5. The highest BCUT2D eigenvalue weighted by atomic mass is 32.1. The molecule has 19 heavy (non-hydrogen) atoms. The first-order chi connectivity index (χ1) is 9.19. The number of carbonyl (C=O) groups is 1. The maximum absolute atomic E-state index is 11.1. The Morgan fingerprint density at radius 2 is 2.16 bits per heavy atom. The fraction of sp³-hybridized carbons (Fsp3) is 0.154. The van der Waals surface area contributed by atoms with E-state index in [2.05, 4.69) is 15.4 Å². The summed E-state index contributed by atoms with van der Waals surface area (Å²) in [6.45, 7) is 0.658. The van der Waals surface area contributed by atoms with Gasteiger partial charge < -0.3 is 15.8 Å². The maximum Gasteiger partial charge on any atom is 0.411 e. The zero-order valence-corrected chi connectivity index (χ0v) is 11.3. The molecule has 5 nitrogen and oxygen atoms in total. The Bertz CT molecular complexity index is 569. The molecule has 1 amide bonds. The number of amides is 1. The minimum atomic E-state index is -0.486. The number of hydrogen-bond donors (Lipinski definition) is 3. The number of benzene rings is 1. The molecule has 100 valence electrons. The van der Waals surface area contributed by atoms with Crippen LogP contribution in [-0.2, 0) is 11.3 Å². The van der Waals surface area contributed by atoms with Gasteiger partial charge in [-0.2, -0.15) is 0 Å². The van der Waals surface area contributed by atoms with E-state index < -0.39 is 6.09 Å². The second kappa shape index (κ2) is 6.10. The highest BCUT2D eigenvalue weighted by Crippen LogP contribution is 2.21. The van der Waals surface area contributed by atoms with E-state index in [0.29, 0.717) is 12.2 Å². The van der Waals surface area contributed by atoms with Crippen molar-refractivity contribution >= 4 is 34.5 Å². The molecule has 0 saturated carbocycles. The summed E-state index contributed by atoms with van der Waals surface area (Å²) in [5, 5.41) is 7.83. The molecule has 6 heteroatoms. The summed E-state index contributed by atoms with van der Waals surface area (Å²) in [5.41, 5.74) is 8.19. The molecule has 0 radical (unpaired) electrons. The Kier molecular flexibility index (Phi) is 4.25. The van der Waals surface area contributed by atoms with Gasteiger partial charge in [0.1, 0.15) is 0 Å². The molecule has 0 spiro atoms. The van der Waals surface area contributed by atoms with Crippen LogP contribution in [0.5, 0.6) is 0 Å². The molecular formula is C13H15N3O2S. The van der Waals surface area contributed by atoms with Crippen LogP contribution < -0.4 is 16.4 Å². The van der Waals surface area contributed by atoms with E-state index in [-0.39, 0.29) is 0 Å². The van der Waals surface area contributed by atoms with Crippen molar-refractivity contribution in [2.24, 2.45) is 0 Å². The SMILES string of the molecule is COC(=O)Nc1cccc(NCc2sccc2N)c1. The van der Waals surface area contributed by atoms with Crippen LogP contribution in [0.15, 0.2) is 35.7 Å². The third kappa shape index (κ3) is 3.62. The summed E-state index contributed by atoms with van der Waals surface area (Å²) < 4.78 is 4.54. The number of anilines is 3. The minimum Gasteiger partial charge on any atom is -0.453 e. The molecule has 2 rings (SSSR count). The summed E-state index contributed by atoms with van der Waals surface area (Å²) in [5.74, 6) is 0. The van der Waals surface area contributed by atoms with Crippen LogP contribution in [0.1, 0.15) is 4.88 Å². The number of carbonyl (C=O) groups excluding carboxylic acids is 1. The molecule has 0 saturated heterocycles. The van der Waals surface area contributed by atoms with E-state index in [9.17, 15) is 4.79 Å². The molecule has 1 heterocycles. The molecule has 0 unspecified atom stereocenters. The number of ether oxygens (including phenoxy) is 1. The quantitative estimate of drug-likeness (QED) is 0.802. The summed E-state index contributed by atoms with van der Waals surface area (Å²) in [7, 11) is 1.33. The zero-order chi connectivity index (χ0) is 13.7. The van der Waals surface area contributed by atoms with E-state index in [1.165, 1.54) is 7.11 Å². The lowest BCUT2D eigenvalue weighted by atomic mass is 10.2. The lowest BCUT2D eigenvalue weighted by Gasteiger charge is -2.08. The van der Waals surface area contributed by atoms with Crippen LogP contribution in [0.3, 0.4) is 0 Å². The number of nitrogen functional groups attached to an aromatic ring is 1. The fourth-order valence-corrected chi connectivity index (χ4v) is 2.29. The molecule has 0 aliphatic heterocycles. The monoisotopic (exact) mass is 277 g/mol. The predicted molar refractivity (Wildman–Crippen MR) is 78.5 cm³/mol. The number of thiophene rings is 1. The molecule has 1 aromatic heterocycles. The Hall–Kier alpha value is -2.21. The predicted octanol–water partition coefficient (Wildman–Crippen LogP) is 3.12. The molecule has 0 atom stereocenters. The summed E-state index contributed by atoms with van der Waals surface area (Å²) in [4.78, 5) is 12.2. The van der Waals surface area contributed by atoms with E-state index in [4.69, 9.17) is 5.73 Å². The van der Waals surface area contributed by atoms with Gasteiger partial charge in [-0.25, -0.2) is 4.79 Å². The van der Waals surface area contributed by atoms with Crippen molar-refractivity contribution < 1.29 is 9.53 Å². The van der Waals surface area contributed by atoms with Gasteiger partial charge in [0.25, 0.3) is 0 Å². The van der Waals surface area contributed by atoms with Gasteiger partial charge >= 0.3 is 6.09 Å². The Labute approximate surface area is 115 Å². The van der Waals surface area contributed by atoms with Crippen molar-refractivity contribution in [1.29, 1.82) is 0 Å². The van der Waals surface area contributed by atoms with Gasteiger partial charge in [-0.05, 0) is 29.6 Å². The van der Waals surface area contributed by atoms with Gasteiger partial charge in [-0.15, -0.1) is 11.3 Å². The van der Waals surface area contributed by atoms with Crippen LogP contribution in [0.4, 0.5) is 21.9 Å². The third-order valence-electron chi connectivity index (χ3n) is 2.53. The van der Waals surface area contributed by atoms with E-state index in [1.807, 2.05) is 29.6 Å². The number of nitrogens with one attached hydrogen (secondary N) is 2. The molecule has 2 aromatic rings. The average Bonchev–Trinajstić information content (AvgIpc) is 2.82. The lowest BCUT2D eigenvalue weighted by molar-refractivity contribution is 0.187. The van der Waals surface area contributed by atoms with Crippen LogP contribution >= 0.6 is 11.3 Å². The molecule has 0 aliphatic rings. The smallest absolute Gasteiger partial charge is 0.411 e. The van der Waals surface area contributed by atoms with Crippen molar-refractivity contribution in [3.8, 4) is 0 Å². The van der Waals surface area contributed by atoms with Gasteiger partial charge in [0.15, 0.2) is 0 Å². The molecule has 0 aliphatic carbocycles. The normalized spacial score (nSPS) is 9.95. The maximum atomic E-state index is 11.1. The molecule has 0 fully saturated rings. The Balaban J connectivity index is 1.99. The van der Waals surface area contributed by atoms with E-state index in [0.717, 1.165) is 16.3 Å². The van der Waals surface area contributed by atoms with Crippen molar-refractivity contribution in [2.45, 2.75) is 6.54 Å². The van der Waals surface area contributed by atoms with Gasteiger partial charge in [0.2, 0.25) is 0 Å². The minimum absolute atomic E-state index is 0.486. The van der Waals surface area contributed by atoms with Gasteiger partial charge in [0, 0.05) is 21.9 Å². The third-order valence-corrected chi connectivity index (χ3v) is 3.46. The van der Waals surface area contributed by atoms with E-state index in [1.54, 1.807) is 17.4 Å². The van der Waals surface area contributed by atoms with Gasteiger partial charge in [-0.1, -0.05) is 6.07 Å². The van der Waals surface area contributed by atoms with Crippen LogP contribution in [0, 0.1) is 0 Å². The number of hydrogen-bond acceptors (Lipinski definition) is 5. The van der Waals surface area contributed by atoms with Gasteiger partial charge in [0.05, 0.1) is 13.7 Å².